The molecule has 1 rings (SSSR count). The molecule has 0 saturated carbocycles. The van der Waals surface area contributed by atoms with Crippen molar-refractivity contribution in [3.05, 3.63) is 47.5 Å². The third-order valence-corrected chi connectivity index (χ3v) is 2.43. The van der Waals surface area contributed by atoms with Crippen LogP contribution in [-0.4, -0.2) is 17.6 Å². The molecular formula is C13H16F2O. The molecule has 3 heteroatoms. The molecule has 88 valence electrons. The second-order valence-corrected chi connectivity index (χ2v) is 3.79. The number of rotatable bonds is 5. The van der Waals surface area contributed by atoms with Crippen molar-refractivity contribution in [2.24, 2.45) is 0 Å². The first-order chi connectivity index (χ1) is 7.54. The van der Waals surface area contributed by atoms with Gasteiger partial charge in [-0.15, -0.1) is 0 Å². The van der Waals surface area contributed by atoms with Crippen LogP contribution in [0.15, 0.2) is 42.0 Å². The minimum absolute atomic E-state index is 0.00106. The predicted molar refractivity (Wildman–Crippen MR) is 60.6 cm³/mol. The molecule has 0 aliphatic heterocycles. The lowest BCUT2D eigenvalue weighted by Crippen LogP contribution is -2.15. The summed E-state index contributed by atoms with van der Waals surface area (Å²) in [4.78, 5) is 0. The van der Waals surface area contributed by atoms with Crippen molar-refractivity contribution >= 4 is 0 Å². The average Bonchev–Trinajstić information content (AvgIpc) is 2.24. The van der Waals surface area contributed by atoms with E-state index in [1.165, 1.54) is 6.08 Å². The molecule has 1 aromatic rings. The summed E-state index contributed by atoms with van der Waals surface area (Å²) in [6.45, 7) is 0.521. The third kappa shape index (κ3) is 4.11. The summed E-state index contributed by atoms with van der Waals surface area (Å²) in [6, 6.07) is 9.47. The highest BCUT2D eigenvalue weighted by Crippen LogP contribution is 2.26. The lowest BCUT2D eigenvalue weighted by Gasteiger charge is -2.15. The molecule has 0 bridgehead atoms. The SMILES string of the molecule is CC(F)(F)/C(=C/CO)CCc1ccccc1. The summed E-state index contributed by atoms with van der Waals surface area (Å²) >= 11 is 0. The summed E-state index contributed by atoms with van der Waals surface area (Å²) < 4.78 is 26.2. The highest BCUT2D eigenvalue weighted by Gasteiger charge is 2.26. The Morgan fingerprint density at radius 1 is 1.31 bits per heavy atom. The number of aliphatic hydroxyl groups excluding tert-OH is 1. The minimum Gasteiger partial charge on any atom is -0.392 e. The monoisotopic (exact) mass is 226 g/mol. The van der Waals surface area contributed by atoms with Gasteiger partial charge in [-0.3, -0.25) is 0 Å². The molecule has 0 fully saturated rings. The number of hydrogen-bond acceptors (Lipinski definition) is 1. The van der Waals surface area contributed by atoms with Gasteiger partial charge in [-0.2, -0.15) is 0 Å². The fourth-order valence-electron chi connectivity index (χ4n) is 1.53. The summed E-state index contributed by atoms with van der Waals surface area (Å²) in [5, 5.41) is 8.69. The Bertz CT molecular complexity index is 339. The van der Waals surface area contributed by atoms with E-state index in [1.54, 1.807) is 0 Å². The van der Waals surface area contributed by atoms with Gasteiger partial charge in [0.1, 0.15) is 0 Å². The van der Waals surface area contributed by atoms with E-state index in [1.807, 2.05) is 30.3 Å². The van der Waals surface area contributed by atoms with E-state index in [-0.39, 0.29) is 18.6 Å². The quantitative estimate of drug-likeness (QED) is 0.764. The maximum absolute atomic E-state index is 13.1. The van der Waals surface area contributed by atoms with Crippen molar-refractivity contribution in [1.29, 1.82) is 0 Å². The molecule has 16 heavy (non-hydrogen) atoms. The summed E-state index contributed by atoms with van der Waals surface area (Å²) in [5.41, 5.74) is 1.02. The van der Waals surface area contributed by atoms with Crippen LogP contribution in [0.25, 0.3) is 0 Å². The van der Waals surface area contributed by atoms with Gasteiger partial charge in [-0.1, -0.05) is 36.4 Å². The standard InChI is InChI=1S/C13H16F2O/c1-13(14,15)12(9-10-16)8-7-11-5-3-2-4-6-11/h2-6,9,16H,7-8,10H2,1H3/b12-9+. The molecule has 0 aromatic heterocycles. The minimum atomic E-state index is -2.85. The van der Waals surface area contributed by atoms with E-state index in [0.717, 1.165) is 12.5 Å². The number of alkyl halides is 2. The molecule has 0 spiro atoms. The second-order valence-electron chi connectivity index (χ2n) is 3.79. The number of allylic oxidation sites excluding steroid dienone is 1. The van der Waals surface area contributed by atoms with Crippen LogP contribution < -0.4 is 0 Å². The van der Waals surface area contributed by atoms with Gasteiger partial charge in [0.2, 0.25) is 0 Å². The van der Waals surface area contributed by atoms with Crippen LogP contribution in [0.2, 0.25) is 0 Å². The van der Waals surface area contributed by atoms with Crippen LogP contribution in [0.4, 0.5) is 8.78 Å². The van der Waals surface area contributed by atoms with Gasteiger partial charge < -0.3 is 5.11 Å². The summed E-state index contributed by atoms with van der Waals surface area (Å²) in [6.07, 6.45) is 2.03. The van der Waals surface area contributed by atoms with Crippen LogP contribution in [-0.2, 0) is 6.42 Å². The third-order valence-electron chi connectivity index (χ3n) is 2.43. The van der Waals surface area contributed by atoms with E-state index in [9.17, 15) is 8.78 Å². The van der Waals surface area contributed by atoms with Gasteiger partial charge >= 0.3 is 0 Å². The van der Waals surface area contributed by atoms with E-state index in [4.69, 9.17) is 5.11 Å². The molecule has 0 heterocycles. The second kappa shape index (κ2) is 5.75. The lowest BCUT2D eigenvalue weighted by atomic mass is 10.0. The molecule has 1 N–H and O–H groups in total. The van der Waals surface area contributed by atoms with Crippen molar-refractivity contribution in [1.82, 2.24) is 0 Å². The molecule has 0 aliphatic rings. The topological polar surface area (TPSA) is 20.2 Å². The fraction of sp³-hybridized carbons (Fsp3) is 0.385. The first-order valence-electron chi connectivity index (χ1n) is 5.26. The van der Waals surface area contributed by atoms with Crippen LogP contribution in [0, 0.1) is 0 Å². The van der Waals surface area contributed by atoms with Gasteiger partial charge in [-0.05, 0) is 24.0 Å². The zero-order valence-corrected chi connectivity index (χ0v) is 9.29. The smallest absolute Gasteiger partial charge is 0.266 e. The van der Waals surface area contributed by atoms with Crippen molar-refractivity contribution in [2.45, 2.75) is 25.7 Å². The van der Waals surface area contributed by atoms with E-state index in [2.05, 4.69) is 0 Å². The van der Waals surface area contributed by atoms with Gasteiger partial charge in [0.05, 0.1) is 6.61 Å². The number of hydrogen-bond donors (Lipinski definition) is 1. The van der Waals surface area contributed by atoms with E-state index < -0.39 is 5.92 Å². The van der Waals surface area contributed by atoms with E-state index in [0.29, 0.717) is 6.42 Å². The molecule has 0 atom stereocenters. The number of benzene rings is 1. The van der Waals surface area contributed by atoms with Crippen LogP contribution in [0.3, 0.4) is 0 Å². The Morgan fingerprint density at radius 2 is 1.94 bits per heavy atom. The zero-order chi connectivity index (χ0) is 12.0. The first-order valence-corrected chi connectivity index (χ1v) is 5.26. The van der Waals surface area contributed by atoms with Crippen LogP contribution in [0.1, 0.15) is 18.9 Å². The van der Waals surface area contributed by atoms with Crippen molar-refractivity contribution in [3.63, 3.8) is 0 Å². The molecule has 0 saturated heterocycles. The Labute approximate surface area is 94.4 Å². The summed E-state index contributed by atoms with van der Waals surface area (Å²) in [7, 11) is 0. The molecule has 1 nitrogen and oxygen atoms in total. The van der Waals surface area contributed by atoms with Gasteiger partial charge in [-0.25, -0.2) is 8.78 Å². The van der Waals surface area contributed by atoms with Crippen molar-refractivity contribution in [2.75, 3.05) is 6.61 Å². The Morgan fingerprint density at radius 3 is 2.44 bits per heavy atom. The van der Waals surface area contributed by atoms with Crippen molar-refractivity contribution < 1.29 is 13.9 Å². The van der Waals surface area contributed by atoms with Crippen LogP contribution >= 0.6 is 0 Å². The molecule has 0 aliphatic carbocycles. The number of halogens is 2. The Balaban J connectivity index is 2.62. The normalized spacial score (nSPS) is 12.9. The maximum atomic E-state index is 13.1. The maximum Gasteiger partial charge on any atom is 0.266 e. The molecular weight excluding hydrogens is 210 g/mol. The molecule has 0 amide bonds. The average molecular weight is 226 g/mol. The zero-order valence-electron chi connectivity index (χ0n) is 9.29. The highest BCUT2D eigenvalue weighted by atomic mass is 19.3. The lowest BCUT2D eigenvalue weighted by molar-refractivity contribution is 0.0586. The van der Waals surface area contributed by atoms with Crippen molar-refractivity contribution in [3.8, 4) is 0 Å². The van der Waals surface area contributed by atoms with E-state index >= 15 is 0 Å². The van der Waals surface area contributed by atoms with Crippen LogP contribution in [0.5, 0.6) is 0 Å². The van der Waals surface area contributed by atoms with Gasteiger partial charge in [0.25, 0.3) is 5.92 Å². The fourth-order valence-corrected chi connectivity index (χ4v) is 1.53. The largest absolute Gasteiger partial charge is 0.392 e. The molecule has 0 unspecified atom stereocenters. The predicted octanol–water partition coefficient (Wildman–Crippen LogP) is 3.19. The molecule has 0 radical (unpaired) electrons. The number of aryl methyl sites for hydroxylation is 1. The highest BCUT2D eigenvalue weighted by molar-refractivity contribution is 5.19. The van der Waals surface area contributed by atoms with Gasteiger partial charge in [0, 0.05) is 6.92 Å². The summed E-state index contributed by atoms with van der Waals surface area (Å²) in [5.74, 6) is -2.85. The van der Waals surface area contributed by atoms with Gasteiger partial charge in [0.15, 0.2) is 0 Å². The molecule has 1 aromatic carbocycles. The first kappa shape index (κ1) is 12.8. The Kier molecular flexibility index (Phi) is 4.62. The number of aliphatic hydroxyl groups is 1. The Hall–Kier alpha value is -1.22.